The fourth-order valence-corrected chi connectivity index (χ4v) is 0.978. The molecule has 0 saturated carbocycles. The zero-order chi connectivity index (χ0) is 9.14. The number of phenolic OH excluding ortho intramolecular Hbond substituents is 1. The zero-order valence-electron chi connectivity index (χ0n) is 7.33. The molecular weight excluding hydrogens is 149 g/mol. The number of hydrogen-bond acceptors (Lipinski definition) is 2. The van der Waals surface area contributed by atoms with E-state index in [9.17, 15) is 0 Å². The SMILES string of the molecule is [B]c1cc(NC(C)C)ccc1O. The van der Waals surface area contributed by atoms with Gasteiger partial charge in [-0.15, -0.1) is 0 Å². The summed E-state index contributed by atoms with van der Waals surface area (Å²) in [6.45, 7) is 4.09. The van der Waals surface area contributed by atoms with Crippen molar-refractivity contribution in [2.24, 2.45) is 0 Å². The summed E-state index contributed by atoms with van der Waals surface area (Å²) in [6.07, 6.45) is 0. The molecule has 12 heavy (non-hydrogen) atoms. The Kier molecular flexibility index (Phi) is 2.63. The highest BCUT2D eigenvalue weighted by molar-refractivity contribution is 6.34. The quantitative estimate of drug-likeness (QED) is 0.501. The van der Waals surface area contributed by atoms with E-state index in [1.807, 2.05) is 13.8 Å². The van der Waals surface area contributed by atoms with E-state index < -0.39 is 0 Å². The molecule has 0 saturated heterocycles. The number of rotatable bonds is 2. The minimum Gasteiger partial charge on any atom is -0.509 e. The van der Waals surface area contributed by atoms with Gasteiger partial charge in [0.15, 0.2) is 0 Å². The minimum atomic E-state index is 0.129. The van der Waals surface area contributed by atoms with Crippen molar-refractivity contribution in [3.8, 4) is 5.75 Å². The summed E-state index contributed by atoms with van der Waals surface area (Å²) in [5.41, 5.74) is 1.33. The van der Waals surface area contributed by atoms with Gasteiger partial charge in [-0.3, -0.25) is 0 Å². The monoisotopic (exact) mass is 161 g/mol. The van der Waals surface area contributed by atoms with E-state index >= 15 is 0 Å². The van der Waals surface area contributed by atoms with Gasteiger partial charge in [0.1, 0.15) is 13.6 Å². The minimum absolute atomic E-state index is 0.129. The first-order chi connectivity index (χ1) is 5.59. The smallest absolute Gasteiger partial charge is 0.119 e. The molecule has 1 aromatic carbocycles. The van der Waals surface area contributed by atoms with Crippen molar-refractivity contribution >= 4 is 19.0 Å². The van der Waals surface area contributed by atoms with Gasteiger partial charge in [0.05, 0.1) is 0 Å². The second-order valence-electron chi connectivity index (χ2n) is 3.07. The molecule has 62 valence electrons. The summed E-state index contributed by atoms with van der Waals surface area (Å²) in [7, 11) is 5.51. The molecule has 0 spiro atoms. The van der Waals surface area contributed by atoms with Crippen LogP contribution in [-0.4, -0.2) is 19.0 Å². The van der Waals surface area contributed by atoms with Gasteiger partial charge in [0.25, 0.3) is 0 Å². The second-order valence-corrected chi connectivity index (χ2v) is 3.07. The fourth-order valence-electron chi connectivity index (χ4n) is 0.978. The van der Waals surface area contributed by atoms with Crippen LogP contribution < -0.4 is 10.8 Å². The Morgan fingerprint density at radius 2 is 2.08 bits per heavy atom. The number of nitrogens with one attached hydrogen (secondary N) is 1. The maximum absolute atomic E-state index is 9.13. The third-order valence-electron chi connectivity index (χ3n) is 1.48. The molecule has 0 aliphatic carbocycles. The van der Waals surface area contributed by atoms with Gasteiger partial charge in [-0.1, -0.05) is 5.46 Å². The Morgan fingerprint density at radius 3 is 2.58 bits per heavy atom. The molecule has 0 fully saturated rings. The third kappa shape index (κ3) is 2.19. The summed E-state index contributed by atoms with van der Waals surface area (Å²) in [6, 6.07) is 5.47. The number of aromatic hydroxyl groups is 1. The highest BCUT2D eigenvalue weighted by Crippen LogP contribution is 2.11. The van der Waals surface area contributed by atoms with Gasteiger partial charge < -0.3 is 10.4 Å². The summed E-state index contributed by atoms with van der Waals surface area (Å²) >= 11 is 0. The lowest BCUT2D eigenvalue weighted by Gasteiger charge is -2.10. The maximum Gasteiger partial charge on any atom is 0.119 e. The summed E-state index contributed by atoms with van der Waals surface area (Å²) in [5.74, 6) is 0.129. The molecule has 0 heterocycles. The maximum atomic E-state index is 9.13. The molecule has 0 aromatic heterocycles. The van der Waals surface area contributed by atoms with Crippen LogP contribution in [-0.2, 0) is 0 Å². The van der Waals surface area contributed by atoms with Crippen LogP contribution in [0.3, 0.4) is 0 Å². The second kappa shape index (κ2) is 3.52. The third-order valence-corrected chi connectivity index (χ3v) is 1.48. The van der Waals surface area contributed by atoms with Crippen molar-refractivity contribution in [2.75, 3.05) is 5.32 Å². The van der Waals surface area contributed by atoms with Crippen LogP contribution in [0, 0.1) is 0 Å². The molecule has 2 radical (unpaired) electrons. The van der Waals surface area contributed by atoms with Crippen LogP contribution in [0.25, 0.3) is 0 Å². The lowest BCUT2D eigenvalue weighted by molar-refractivity contribution is 0.479. The molecule has 1 aromatic rings. The first-order valence-corrected chi connectivity index (χ1v) is 3.94. The largest absolute Gasteiger partial charge is 0.509 e. The van der Waals surface area contributed by atoms with Crippen molar-refractivity contribution in [3.63, 3.8) is 0 Å². The molecule has 2 N–H and O–H groups in total. The highest BCUT2D eigenvalue weighted by Gasteiger charge is 1.98. The average Bonchev–Trinajstić information content (AvgIpc) is 1.96. The first kappa shape index (κ1) is 8.98. The lowest BCUT2D eigenvalue weighted by atomic mass is 9.94. The van der Waals surface area contributed by atoms with Crippen LogP contribution in [0.15, 0.2) is 18.2 Å². The Bertz CT molecular complexity index is 273. The molecule has 0 aliphatic heterocycles. The van der Waals surface area contributed by atoms with Crippen molar-refractivity contribution < 1.29 is 5.11 Å². The van der Waals surface area contributed by atoms with Crippen LogP contribution in [0.4, 0.5) is 5.69 Å². The van der Waals surface area contributed by atoms with Crippen molar-refractivity contribution in [3.05, 3.63) is 18.2 Å². The van der Waals surface area contributed by atoms with Crippen molar-refractivity contribution in [1.29, 1.82) is 0 Å². The Morgan fingerprint density at radius 1 is 1.42 bits per heavy atom. The van der Waals surface area contributed by atoms with Crippen LogP contribution >= 0.6 is 0 Å². The molecule has 0 amide bonds. The number of benzene rings is 1. The van der Waals surface area contributed by atoms with E-state index in [2.05, 4.69) is 5.32 Å². The molecule has 3 heteroatoms. The van der Waals surface area contributed by atoms with E-state index in [-0.39, 0.29) is 5.75 Å². The zero-order valence-corrected chi connectivity index (χ0v) is 7.33. The number of hydrogen-bond donors (Lipinski definition) is 2. The summed E-state index contributed by atoms with van der Waals surface area (Å²) in [5, 5.41) is 12.3. The van der Waals surface area contributed by atoms with E-state index in [1.54, 1.807) is 18.2 Å². The molecule has 1 rings (SSSR count). The standard InChI is InChI=1S/C9H12BNO/c1-6(2)11-7-3-4-9(12)8(10)5-7/h3-6,11-12H,1-2H3. The predicted molar refractivity (Wildman–Crippen MR) is 52.3 cm³/mol. The Labute approximate surface area is 74.0 Å². The number of phenols is 1. The molecule has 2 nitrogen and oxygen atoms in total. The van der Waals surface area contributed by atoms with E-state index in [0.717, 1.165) is 5.69 Å². The predicted octanol–water partition coefficient (Wildman–Crippen LogP) is 1.01. The van der Waals surface area contributed by atoms with Gasteiger partial charge in [0, 0.05) is 11.7 Å². The Hall–Kier alpha value is -1.12. The van der Waals surface area contributed by atoms with Crippen LogP contribution in [0.1, 0.15) is 13.8 Å². The molecule has 0 unspecified atom stereocenters. The Balaban J connectivity index is 2.82. The summed E-state index contributed by atoms with van der Waals surface area (Å²) in [4.78, 5) is 0. The fraction of sp³-hybridized carbons (Fsp3) is 0.333. The average molecular weight is 161 g/mol. The van der Waals surface area contributed by atoms with E-state index in [0.29, 0.717) is 11.5 Å². The van der Waals surface area contributed by atoms with Gasteiger partial charge in [-0.2, -0.15) is 0 Å². The molecule has 0 atom stereocenters. The van der Waals surface area contributed by atoms with Gasteiger partial charge in [-0.05, 0) is 32.0 Å². The van der Waals surface area contributed by atoms with Crippen LogP contribution in [0.5, 0.6) is 5.75 Å². The van der Waals surface area contributed by atoms with Crippen molar-refractivity contribution in [2.45, 2.75) is 19.9 Å². The van der Waals surface area contributed by atoms with E-state index in [1.165, 1.54) is 0 Å². The van der Waals surface area contributed by atoms with Gasteiger partial charge >= 0.3 is 0 Å². The van der Waals surface area contributed by atoms with E-state index in [4.69, 9.17) is 13.0 Å². The highest BCUT2D eigenvalue weighted by atomic mass is 16.3. The van der Waals surface area contributed by atoms with Crippen molar-refractivity contribution in [1.82, 2.24) is 0 Å². The van der Waals surface area contributed by atoms with Gasteiger partial charge in [-0.25, -0.2) is 0 Å². The number of anilines is 1. The van der Waals surface area contributed by atoms with Crippen LogP contribution in [0.2, 0.25) is 0 Å². The normalized spacial score (nSPS) is 10.2. The summed E-state index contributed by atoms with van der Waals surface area (Å²) < 4.78 is 0. The molecular formula is C9H12BNO. The van der Waals surface area contributed by atoms with Gasteiger partial charge in [0.2, 0.25) is 0 Å². The lowest BCUT2D eigenvalue weighted by Crippen LogP contribution is -2.12. The molecule has 0 bridgehead atoms. The topological polar surface area (TPSA) is 32.3 Å². The first-order valence-electron chi connectivity index (χ1n) is 3.94. The molecule has 0 aliphatic rings.